The Labute approximate surface area is 183 Å². The van der Waals surface area contributed by atoms with E-state index >= 15 is 0 Å². The number of hydrogen-bond acceptors (Lipinski definition) is 4. The Bertz CT molecular complexity index is 1210. The molecule has 8 heteroatoms. The molecule has 4 nitrogen and oxygen atoms in total. The number of rotatable bonds is 5. The maximum Gasteiger partial charge on any atom is 0.339 e. The molecule has 0 bridgehead atoms. The van der Waals surface area contributed by atoms with E-state index in [4.69, 9.17) is 39.0 Å². The molecule has 29 heavy (non-hydrogen) atoms. The topological polar surface area (TPSA) is 67.2 Å². The van der Waals surface area contributed by atoms with E-state index in [2.05, 4.69) is 6.07 Å². The molecule has 0 N–H and O–H groups in total. The SMILES string of the molecule is N#C/C(=C\c1ccc(OS(=O)(=O)c2ccc(Cl)cc2)c(Cl)c1)c1ccc(Cl)cc1. The smallest absolute Gasteiger partial charge is 0.339 e. The van der Waals surface area contributed by atoms with Crippen LogP contribution in [-0.2, 0) is 10.1 Å². The van der Waals surface area contributed by atoms with Gasteiger partial charge in [0, 0.05) is 10.0 Å². The molecule has 0 spiro atoms. The first kappa shape index (κ1) is 21.2. The van der Waals surface area contributed by atoms with Gasteiger partial charge in [0.25, 0.3) is 0 Å². The quantitative estimate of drug-likeness (QED) is 0.246. The van der Waals surface area contributed by atoms with Gasteiger partial charge >= 0.3 is 10.1 Å². The monoisotopic (exact) mass is 463 g/mol. The molecule has 0 radical (unpaired) electrons. The van der Waals surface area contributed by atoms with Crippen LogP contribution in [0.3, 0.4) is 0 Å². The van der Waals surface area contributed by atoms with Gasteiger partial charge in [-0.3, -0.25) is 0 Å². The third-order valence-corrected chi connectivity index (χ3v) is 5.89. The Morgan fingerprint density at radius 2 is 1.48 bits per heavy atom. The maximum absolute atomic E-state index is 12.4. The van der Waals surface area contributed by atoms with Crippen molar-refractivity contribution in [1.82, 2.24) is 0 Å². The first-order valence-corrected chi connectivity index (χ1v) is 10.7. The summed E-state index contributed by atoms with van der Waals surface area (Å²) in [6.45, 7) is 0. The lowest BCUT2D eigenvalue weighted by Crippen LogP contribution is -2.09. The first-order valence-electron chi connectivity index (χ1n) is 8.16. The minimum Gasteiger partial charge on any atom is -0.377 e. The van der Waals surface area contributed by atoms with E-state index in [1.807, 2.05) is 0 Å². The van der Waals surface area contributed by atoms with E-state index in [-0.39, 0.29) is 15.7 Å². The fourth-order valence-electron chi connectivity index (χ4n) is 2.42. The fourth-order valence-corrected chi connectivity index (χ4v) is 3.89. The zero-order valence-corrected chi connectivity index (χ0v) is 17.7. The average Bonchev–Trinajstić information content (AvgIpc) is 2.69. The summed E-state index contributed by atoms with van der Waals surface area (Å²) in [5.74, 6) is -0.0243. The molecule has 3 aromatic rings. The lowest BCUT2D eigenvalue weighted by atomic mass is 10.0. The van der Waals surface area contributed by atoms with Crippen molar-refractivity contribution in [1.29, 1.82) is 5.26 Å². The molecular weight excluding hydrogens is 453 g/mol. The number of nitriles is 1. The van der Waals surface area contributed by atoms with Crippen molar-refractivity contribution >= 4 is 56.6 Å². The Hall–Kier alpha value is -2.49. The van der Waals surface area contributed by atoms with Gasteiger partial charge in [-0.2, -0.15) is 13.7 Å². The Kier molecular flexibility index (Phi) is 6.51. The number of hydrogen-bond donors (Lipinski definition) is 0. The number of nitrogens with zero attached hydrogens (tertiary/aromatic N) is 1. The van der Waals surface area contributed by atoms with Crippen molar-refractivity contribution in [3.8, 4) is 11.8 Å². The standard InChI is InChI=1S/C21H12Cl3NO3S/c22-17-4-2-15(3-5-17)16(13-25)11-14-1-10-21(20(24)12-14)28-29(26,27)19-8-6-18(23)7-9-19/h1-12H/b16-11+. The van der Waals surface area contributed by atoms with Gasteiger partial charge < -0.3 is 4.18 Å². The molecule has 0 fully saturated rings. The normalized spacial score (nSPS) is 11.7. The number of allylic oxidation sites excluding steroid dienone is 1. The third kappa shape index (κ3) is 5.31. The Balaban J connectivity index is 1.87. The van der Waals surface area contributed by atoms with Gasteiger partial charge in [-0.1, -0.05) is 53.0 Å². The van der Waals surface area contributed by atoms with E-state index in [9.17, 15) is 13.7 Å². The summed E-state index contributed by atoms with van der Waals surface area (Å²) in [5.41, 5.74) is 1.71. The highest BCUT2D eigenvalue weighted by atomic mass is 35.5. The van der Waals surface area contributed by atoms with Crippen LogP contribution in [0.15, 0.2) is 71.6 Å². The van der Waals surface area contributed by atoms with E-state index in [0.717, 1.165) is 0 Å². The van der Waals surface area contributed by atoms with Gasteiger partial charge in [-0.05, 0) is 65.7 Å². The van der Waals surface area contributed by atoms with Crippen LogP contribution >= 0.6 is 34.8 Å². The summed E-state index contributed by atoms with van der Waals surface area (Å²) in [5, 5.41) is 10.5. The van der Waals surface area contributed by atoms with Crippen LogP contribution in [0, 0.1) is 11.3 Å². The van der Waals surface area contributed by atoms with Crippen molar-refractivity contribution in [2.45, 2.75) is 4.90 Å². The molecule has 0 saturated carbocycles. The highest BCUT2D eigenvalue weighted by Crippen LogP contribution is 2.30. The first-order chi connectivity index (χ1) is 13.8. The summed E-state index contributed by atoms with van der Waals surface area (Å²) < 4.78 is 29.9. The van der Waals surface area contributed by atoms with Crippen LogP contribution in [0.25, 0.3) is 11.6 Å². The number of benzene rings is 3. The van der Waals surface area contributed by atoms with E-state index < -0.39 is 10.1 Å². The molecule has 3 aromatic carbocycles. The van der Waals surface area contributed by atoms with Gasteiger partial charge in [-0.15, -0.1) is 0 Å². The van der Waals surface area contributed by atoms with Crippen LogP contribution < -0.4 is 4.18 Å². The van der Waals surface area contributed by atoms with Crippen LogP contribution in [0.1, 0.15) is 11.1 Å². The van der Waals surface area contributed by atoms with Crippen molar-refractivity contribution in [2.75, 3.05) is 0 Å². The van der Waals surface area contributed by atoms with Crippen molar-refractivity contribution < 1.29 is 12.6 Å². The molecule has 0 aliphatic heterocycles. The molecule has 0 amide bonds. The van der Waals surface area contributed by atoms with Gasteiger partial charge in [0.15, 0.2) is 5.75 Å². The van der Waals surface area contributed by atoms with E-state index in [1.165, 1.54) is 36.4 Å². The molecule has 0 aliphatic carbocycles. The molecule has 0 unspecified atom stereocenters. The summed E-state index contributed by atoms with van der Waals surface area (Å²) in [4.78, 5) is -0.0450. The Morgan fingerprint density at radius 3 is 2.03 bits per heavy atom. The molecular formula is C21H12Cl3NO3S. The molecule has 0 saturated heterocycles. The van der Waals surface area contributed by atoms with Gasteiger partial charge in [0.05, 0.1) is 16.7 Å². The molecule has 3 rings (SSSR count). The van der Waals surface area contributed by atoms with Gasteiger partial charge in [0.1, 0.15) is 4.90 Å². The highest BCUT2D eigenvalue weighted by molar-refractivity contribution is 7.87. The van der Waals surface area contributed by atoms with Crippen LogP contribution in [0.5, 0.6) is 5.75 Å². The van der Waals surface area contributed by atoms with Crippen LogP contribution in [0.2, 0.25) is 15.1 Å². The van der Waals surface area contributed by atoms with Gasteiger partial charge in [0.2, 0.25) is 0 Å². The van der Waals surface area contributed by atoms with E-state index in [1.54, 1.807) is 36.4 Å². The zero-order chi connectivity index (χ0) is 21.0. The zero-order valence-electron chi connectivity index (χ0n) is 14.6. The summed E-state index contributed by atoms with van der Waals surface area (Å²) in [7, 11) is -4.06. The predicted octanol–water partition coefficient (Wildman–Crippen LogP) is 6.48. The van der Waals surface area contributed by atoms with Crippen molar-refractivity contribution in [2.24, 2.45) is 0 Å². The average molecular weight is 465 g/mol. The largest absolute Gasteiger partial charge is 0.377 e. The minimum atomic E-state index is -4.06. The van der Waals surface area contributed by atoms with Crippen LogP contribution in [-0.4, -0.2) is 8.42 Å². The molecule has 146 valence electrons. The lowest BCUT2D eigenvalue weighted by molar-refractivity contribution is 0.486. The fraction of sp³-hybridized carbons (Fsp3) is 0. The minimum absolute atomic E-state index is 0.0243. The second kappa shape index (κ2) is 8.89. The third-order valence-electron chi connectivity index (χ3n) is 3.84. The lowest BCUT2D eigenvalue weighted by Gasteiger charge is -2.09. The molecule has 0 heterocycles. The van der Waals surface area contributed by atoms with Crippen LogP contribution in [0.4, 0.5) is 0 Å². The van der Waals surface area contributed by atoms with Crippen molar-refractivity contribution in [3.05, 3.63) is 92.9 Å². The molecule has 0 atom stereocenters. The second-order valence-electron chi connectivity index (χ2n) is 5.86. The highest BCUT2D eigenvalue weighted by Gasteiger charge is 2.18. The Morgan fingerprint density at radius 1 is 0.897 bits per heavy atom. The second-order valence-corrected chi connectivity index (χ2v) is 8.68. The predicted molar refractivity (Wildman–Crippen MR) is 116 cm³/mol. The summed E-state index contributed by atoms with van der Waals surface area (Å²) in [6.07, 6.45) is 1.63. The summed E-state index contributed by atoms with van der Waals surface area (Å²) >= 11 is 17.9. The molecule has 0 aliphatic rings. The summed E-state index contributed by atoms with van der Waals surface area (Å²) in [6, 6.07) is 19.1. The maximum atomic E-state index is 12.4. The number of halogens is 3. The van der Waals surface area contributed by atoms with Gasteiger partial charge in [-0.25, -0.2) is 0 Å². The molecule has 0 aromatic heterocycles. The van der Waals surface area contributed by atoms with E-state index in [0.29, 0.717) is 26.7 Å². The van der Waals surface area contributed by atoms with Crippen molar-refractivity contribution in [3.63, 3.8) is 0 Å².